The lowest BCUT2D eigenvalue weighted by atomic mass is 9.95. The van der Waals surface area contributed by atoms with Crippen LogP contribution in [-0.4, -0.2) is 39.6 Å². The molecule has 33 heavy (non-hydrogen) atoms. The number of aryl methyl sites for hydroxylation is 2. The second kappa shape index (κ2) is 10.3. The van der Waals surface area contributed by atoms with Crippen molar-refractivity contribution in [2.45, 2.75) is 45.3 Å². The number of carbonyl (C=O) groups is 1. The molecule has 2 heterocycles. The van der Waals surface area contributed by atoms with Crippen LogP contribution >= 0.6 is 11.8 Å². The maximum Gasteiger partial charge on any atom is 0.230 e. The molecule has 0 aliphatic carbocycles. The van der Waals surface area contributed by atoms with E-state index in [-0.39, 0.29) is 23.6 Å². The molecule has 7 nitrogen and oxygen atoms in total. The first-order valence-electron chi connectivity index (χ1n) is 11.2. The summed E-state index contributed by atoms with van der Waals surface area (Å²) in [5.41, 5.74) is 3.18. The first-order chi connectivity index (χ1) is 15.9. The minimum atomic E-state index is -0.132. The van der Waals surface area contributed by atoms with Crippen LogP contribution in [0.3, 0.4) is 0 Å². The highest BCUT2D eigenvalue weighted by atomic mass is 32.2. The summed E-state index contributed by atoms with van der Waals surface area (Å²) in [6.07, 6.45) is 0.859. The number of hydrogen-bond donors (Lipinski definition) is 1. The number of thioether (sulfide) groups is 1. The second-order valence-electron chi connectivity index (χ2n) is 8.54. The van der Waals surface area contributed by atoms with Crippen molar-refractivity contribution in [1.29, 1.82) is 0 Å². The number of nitrogens with one attached hydrogen (secondary N) is 1. The minimum absolute atomic E-state index is 0.0538. The van der Waals surface area contributed by atoms with Gasteiger partial charge in [-0.15, -0.1) is 10.2 Å². The molecule has 3 aromatic rings. The topological polar surface area (TPSA) is 78.3 Å². The Morgan fingerprint density at radius 2 is 1.79 bits per heavy atom. The van der Waals surface area contributed by atoms with Crippen LogP contribution in [0.25, 0.3) is 5.69 Å². The summed E-state index contributed by atoms with van der Waals surface area (Å²) in [4.78, 5) is 12.9. The lowest BCUT2D eigenvalue weighted by Crippen LogP contribution is -2.33. The van der Waals surface area contributed by atoms with Crippen molar-refractivity contribution >= 4 is 17.7 Å². The molecule has 0 bridgehead atoms. The lowest BCUT2D eigenvalue weighted by Gasteiger charge is -2.24. The summed E-state index contributed by atoms with van der Waals surface area (Å²) < 4.78 is 13.5. The zero-order chi connectivity index (χ0) is 23.4. The monoisotopic (exact) mass is 466 g/mol. The fraction of sp³-hybridized carbons (Fsp3) is 0.400. The standard InChI is InChI=1S/C25H30N4O3S/c1-16(2)24(19-8-11-21-22(14-19)32-13-5-12-31-21)26-23(30)15-33-25-28-27-18(4)29(25)20-9-6-17(3)7-10-20/h6-11,14,16,24H,5,12-13,15H2,1-4H3,(H,26,30)/t24-/m0/s1. The fourth-order valence-electron chi connectivity index (χ4n) is 3.78. The van der Waals surface area contributed by atoms with Gasteiger partial charge in [-0.05, 0) is 49.6 Å². The van der Waals surface area contributed by atoms with Gasteiger partial charge in [-0.2, -0.15) is 0 Å². The number of carbonyl (C=O) groups excluding carboxylic acids is 1. The Morgan fingerprint density at radius 3 is 2.52 bits per heavy atom. The van der Waals surface area contributed by atoms with E-state index in [1.54, 1.807) is 0 Å². The van der Waals surface area contributed by atoms with Crippen LogP contribution in [0, 0.1) is 19.8 Å². The molecule has 2 aromatic carbocycles. The fourth-order valence-corrected chi connectivity index (χ4v) is 4.59. The molecule has 1 N–H and O–H groups in total. The molecule has 1 aliphatic heterocycles. The Labute approximate surface area is 198 Å². The zero-order valence-electron chi connectivity index (χ0n) is 19.5. The van der Waals surface area contributed by atoms with Gasteiger partial charge in [0, 0.05) is 12.1 Å². The Morgan fingerprint density at radius 1 is 1.06 bits per heavy atom. The molecule has 0 saturated heterocycles. The molecule has 8 heteroatoms. The third kappa shape index (κ3) is 5.50. The van der Waals surface area contributed by atoms with Gasteiger partial charge in [0.1, 0.15) is 5.82 Å². The van der Waals surface area contributed by atoms with Crippen LogP contribution in [0.15, 0.2) is 47.6 Å². The van der Waals surface area contributed by atoms with Crippen LogP contribution in [-0.2, 0) is 4.79 Å². The van der Waals surface area contributed by atoms with E-state index < -0.39 is 0 Å². The maximum absolute atomic E-state index is 12.9. The summed E-state index contributed by atoms with van der Waals surface area (Å²) in [5, 5.41) is 12.4. The number of ether oxygens (including phenoxy) is 2. The summed E-state index contributed by atoms with van der Waals surface area (Å²) in [7, 11) is 0. The molecular formula is C25H30N4O3S. The molecule has 1 aliphatic rings. The highest BCUT2D eigenvalue weighted by Gasteiger charge is 2.22. The predicted molar refractivity (Wildman–Crippen MR) is 129 cm³/mol. The van der Waals surface area contributed by atoms with Gasteiger partial charge in [-0.25, -0.2) is 0 Å². The molecule has 1 amide bonds. The smallest absolute Gasteiger partial charge is 0.230 e. The van der Waals surface area contributed by atoms with Gasteiger partial charge < -0.3 is 14.8 Å². The van der Waals surface area contributed by atoms with Gasteiger partial charge in [-0.3, -0.25) is 9.36 Å². The molecule has 1 aromatic heterocycles. The highest BCUT2D eigenvalue weighted by Crippen LogP contribution is 2.34. The molecule has 0 spiro atoms. The number of rotatable bonds is 7. The van der Waals surface area contributed by atoms with Crippen LogP contribution in [0.2, 0.25) is 0 Å². The van der Waals surface area contributed by atoms with Crippen molar-refractivity contribution in [2.24, 2.45) is 5.92 Å². The van der Waals surface area contributed by atoms with Crippen LogP contribution in [0.4, 0.5) is 0 Å². The van der Waals surface area contributed by atoms with Gasteiger partial charge in [0.15, 0.2) is 16.7 Å². The third-order valence-electron chi connectivity index (χ3n) is 5.53. The molecule has 4 rings (SSSR count). The quantitative estimate of drug-likeness (QED) is 0.511. The van der Waals surface area contributed by atoms with E-state index in [0.717, 1.165) is 35.0 Å². The number of aromatic nitrogens is 3. The van der Waals surface area contributed by atoms with Crippen molar-refractivity contribution in [1.82, 2.24) is 20.1 Å². The number of hydrogen-bond acceptors (Lipinski definition) is 6. The Kier molecular flexibility index (Phi) is 7.23. The van der Waals surface area contributed by atoms with Gasteiger partial charge in [0.2, 0.25) is 5.91 Å². The molecule has 0 saturated carbocycles. The van der Waals surface area contributed by atoms with E-state index >= 15 is 0 Å². The summed E-state index contributed by atoms with van der Waals surface area (Å²) in [6.45, 7) is 9.44. The van der Waals surface area contributed by atoms with Crippen molar-refractivity contribution < 1.29 is 14.3 Å². The van der Waals surface area contributed by atoms with Crippen molar-refractivity contribution in [3.8, 4) is 17.2 Å². The average Bonchev–Trinajstić information content (AvgIpc) is 3.01. The number of amides is 1. The second-order valence-corrected chi connectivity index (χ2v) is 9.48. The highest BCUT2D eigenvalue weighted by molar-refractivity contribution is 7.99. The molecule has 0 radical (unpaired) electrons. The van der Waals surface area contributed by atoms with Crippen molar-refractivity contribution in [3.63, 3.8) is 0 Å². The van der Waals surface area contributed by atoms with E-state index in [1.165, 1.54) is 17.3 Å². The van der Waals surface area contributed by atoms with Crippen LogP contribution < -0.4 is 14.8 Å². The van der Waals surface area contributed by atoms with E-state index in [0.29, 0.717) is 18.4 Å². The molecule has 0 unspecified atom stereocenters. The summed E-state index contributed by atoms with van der Waals surface area (Å²) in [6, 6.07) is 14.0. The SMILES string of the molecule is Cc1ccc(-n2c(C)nnc2SCC(=O)N[C@H](c2ccc3c(c2)OCCCO3)C(C)C)cc1. The molecular weight excluding hydrogens is 436 g/mol. The number of nitrogens with zero attached hydrogens (tertiary/aromatic N) is 3. The Balaban J connectivity index is 1.45. The average molecular weight is 467 g/mol. The number of benzene rings is 2. The Bertz CT molecular complexity index is 1110. The van der Waals surface area contributed by atoms with Gasteiger partial charge >= 0.3 is 0 Å². The first kappa shape index (κ1) is 23.2. The number of fused-ring (bicyclic) bond motifs is 1. The molecule has 0 fully saturated rings. The normalized spacial score (nSPS) is 14.1. The predicted octanol–water partition coefficient (Wildman–Crippen LogP) is 4.65. The molecule has 174 valence electrons. The van der Waals surface area contributed by atoms with Crippen molar-refractivity contribution in [3.05, 3.63) is 59.4 Å². The largest absolute Gasteiger partial charge is 0.490 e. The first-order valence-corrected chi connectivity index (χ1v) is 12.2. The van der Waals surface area contributed by atoms with E-state index in [9.17, 15) is 4.79 Å². The van der Waals surface area contributed by atoms with E-state index in [4.69, 9.17) is 9.47 Å². The van der Waals surface area contributed by atoms with Crippen LogP contribution in [0.5, 0.6) is 11.5 Å². The minimum Gasteiger partial charge on any atom is -0.490 e. The Hall–Kier alpha value is -3.00. The zero-order valence-corrected chi connectivity index (χ0v) is 20.3. The molecule has 1 atom stereocenters. The van der Waals surface area contributed by atoms with Crippen molar-refractivity contribution in [2.75, 3.05) is 19.0 Å². The van der Waals surface area contributed by atoms with E-state index in [1.807, 2.05) is 41.8 Å². The summed E-state index contributed by atoms with van der Waals surface area (Å²) >= 11 is 1.38. The summed E-state index contributed by atoms with van der Waals surface area (Å²) in [5.74, 6) is 2.68. The lowest BCUT2D eigenvalue weighted by molar-refractivity contribution is -0.119. The van der Waals surface area contributed by atoms with E-state index in [2.05, 4.69) is 48.4 Å². The van der Waals surface area contributed by atoms with Gasteiger partial charge in [0.25, 0.3) is 0 Å². The third-order valence-corrected chi connectivity index (χ3v) is 6.46. The van der Waals surface area contributed by atoms with Crippen LogP contribution in [0.1, 0.15) is 43.3 Å². The van der Waals surface area contributed by atoms with Gasteiger partial charge in [-0.1, -0.05) is 49.4 Å². The maximum atomic E-state index is 12.9. The van der Waals surface area contributed by atoms with Gasteiger partial charge in [0.05, 0.1) is 25.0 Å².